The lowest BCUT2D eigenvalue weighted by Gasteiger charge is -2.16. The van der Waals surface area contributed by atoms with Crippen molar-refractivity contribution in [3.63, 3.8) is 0 Å². The minimum absolute atomic E-state index is 0.149. The van der Waals surface area contributed by atoms with Crippen LogP contribution in [0.1, 0.15) is 16.7 Å². The zero-order valence-corrected chi connectivity index (χ0v) is 17.0. The fraction of sp³-hybridized carbons (Fsp3) is 0.350. The first-order valence-corrected chi connectivity index (χ1v) is 10.4. The molecule has 2 aromatic rings. The first kappa shape index (κ1) is 20.9. The number of hydrogen-bond acceptors (Lipinski definition) is 4. The molecule has 27 heavy (non-hydrogen) atoms. The number of rotatable bonds is 8. The third-order valence-corrected chi connectivity index (χ3v) is 5.30. The Bertz CT molecular complexity index is 872. The number of carbonyl (C=O) groups is 1. The van der Waals surface area contributed by atoms with Gasteiger partial charge >= 0.3 is 10.1 Å². The number of likely N-dealkylation sites (N-methyl/N-ethyl adjacent to an activating group) is 1. The van der Waals surface area contributed by atoms with Crippen molar-refractivity contribution in [2.24, 2.45) is 0 Å². The fourth-order valence-corrected chi connectivity index (χ4v) is 3.97. The predicted molar refractivity (Wildman–Crippen MR) is 107 cm³/mol. The van der Waals surface area contributed by atoms with Gasteiger partial charge < -0.3 is 14.4 Å². The molecule has 7 heteroatoms. The van der Waals surface area contributed by atoms with Gasteiger partial charge in [0, 0.05) is 5.69 Å². The average Bonchev–Trinajstić information content (AvgIpc) is 2.57. The third kappa shape index (κ3) is 6.69. The number of benzene rings is 2. The molecule has 1 atom stereocenters. The third-order valence-electron chi connectivity index (χ3n) is 4.15. The van der Waals surface area contributed by atoms with Crippen LogP contribution in [-0.2, 0) is 14.9 Å². The first-order valence-electron chi connectivity index (χ1n) is 8.82. The second-order valence-electron chi connectivity index (χ2n) is 6.86. The Morgan fingerprint density at radius 2 is 1.67 bits per heavy atom. The van der Waals surface area contributed by atoms with E-state index in [0.717, 1.165) is 27.3 Å². The van der Waals surface area contributed by atoms with Crippen LogP contribution in [0.25, 0.3) is 0 Å². The smallest absolute Gasteiger partial charge is 0.314 e. The monoisotopic (exact) mass is 391 g/mol. The number of nitrogens with one attached hydrogen (secondary N) is 2. The van der Waals surface area contributed by atoms with E-state index in [4.69, 9.17) is 4.18 Å². The van der Waals surface area contributed by atoms with Gasteiger partial charge in [-0.1, -0.05) is 35.9 Å². The highest BCUT2D eigenvalue weighted by Gasteiger charge is 2.18. The van der Waals surface area contributed by atoms with Crippen LogP contribution in [0.3, 0.4) is 0 Å². The van der Waals surface area contributed by atoms with Gasteiger partial charge in [0.1, 0.15) is 11.5 Å². The summed E-state index contributed by atoms with van der Waals surface area (Å²) in [5.41, 5.74) is 3.99. The molecule has 0 radical (unpaired) electrons. The molecule has 0 aliphatic heterocycles. The van der Waals surface area contributed by atoms with Gasteiger partial charge in [0.15, 0.2) is 6.54 Å². The molecule has 146 valence electrons. The van der Waals surface area contributed by atoms with E-state index in [-0.39, 0.29) is 24.7 Å². The van der Waals surface area contributed by atoms with Crippen LogP contribution in [0, 0.1) is 20.8 Å². The molecule has 0 aromatic heterocycles. The summed E-state index contributed by atoms with van der Waals surface area (Å²) in [6, 6.07) is 12.4. The molecule has 0 fully saturated rings. The van der Waals surface area contributed by atoms with Crippen LogP contribution in [0.4, 0.5) is 5.69 Å². The molecule has 2 N–H and O–H groups in total. The summed E-state index contributed by atoms with van der Waals surface area (Å²) in [4.78, 5) is 13.1. The molecule has 0 aliphatic carbocycles. The Morgan fingerprint density at radius 1 is 1.07 bits per heavy atom. The molecule has 0 bridgehead atoms. The molecule has 2 rings (SSSR count). The van der Waals surface area contributed by atoms with Gasteiger partial charge in [0.05, 0.1) is 13.6 Å². The molecule has 1 amide bonds. The van der Waals surface area contributed by atoms with Crippen LogP contribution >= 0.6 is 0 Å². The lowest BCUT2D eigenvalue weighted by Crippen LogP contribution is -3.10. The first-order chi connectivity index (χ1) is 12.7. The van der Waals surface area contributed by atoms with Gasteiger partial charge in [-0.05, 0) is 44.0 Å². The molecule has 6 nitrogen and oxygen atoms in total. The summed E-state index contributed by atoms with van der Waals surface area (Å²) < 4.78 is 29.2. The quantitative estimate of drug-likeness (QED) is 0.668. The molecule has 0 spiro atoms. The number of amides is 1. The molecule has 0 saturated heterocycles. The molecule has 0 aliphatic rings. The number of para-hydroxylation sites is 1. The van der Waals surface area contributed by atoms with E-state index in [9.17, 15) is 13.2 Å². The fourth-order valence-electron chi connectivity index (χ4n) is 2.89. The summed E-state index contributed by atoms with van der Waals surface area (Å²) in [5.74, 6) is -0.0222. The Morgan fingerprint density at radius 3 is 2.26 bits per heavy atom. The van der Waals surface area contributed by atoms with Crippen molar-refractivity contribution < 1.29 is 22.3 Å². The lowest BCUT2D eigenvalue weighted by atomic mass is 10.1. The maximum Gasteiger partial charge on any atom is 0.314 e. The van der Waals surface area contributed by atoms with Gasteiger partial charge in [0.2, 0.25) is 0 Å². The minimum atomic E-state index is -3.70. The molecular weight excluding hydrogens is 364 g/mol. The average molecular weight is 392 g/mol. The maximum absolute atomic E-state index is 12.3. The van der Waals surface area contributed by atoms with Gasteiger partial charge in [-0.2, -0.15) is 8.42 Å². The number of anilines is 1. The summed E-state index contributed by atoms with van der Waals surface area (Å²) in [6.07, 6.45) is 0. The zero-order valence-electron chi connectivity index (χ0n) is 16.2. The van der Waals surface area contributed by atoms with Crippen LogP contribution in [0.15, 0.2) is 42.5 Å². The number of aryl methyl sites for hydroxylation is 3. The second kappa shape index (κ2) is 9.01. The maximum atomic E-state index is 12.3. The van der Waals surface area contributed by atoms with Gasteiger partial charge in [-0.3, -0.25) is 4.79 Å². The minimum Gasteiger partial charge on any atom is -0.382 e. The Hall–Kier alpha value is -2.38. The summed E-state index contributed by atoms with van der Waals surface area (Å²) in [5, 5.41) is 2.93. The van der Waals surface area contributed by atoms with Gasteiger partial charge in [0.25, 0.3) is 5.91 Å². The Balaban J connectivity index is 1.86. The highest BCUT2D eigenvalue weighted by molar-refractivity contribution is 7.87. The highest BCUT2D eigenvalue weighted by atomic mass is 32.2. The Kier molecular flexibility index (Phi) is 6.98. The van der Waals surface area contributed by atoms with Crippen LogP contribution < -0.4 is 14.4 Å². The summed E-state index contributed by atoms with van der Waals surface area (Å²) in [6.45, 7) is 6.38. The predicted octanol–water partition coefficient (Wildman–Crippen LogP) is 1.47. The van der Waals surface area contributed by atoms with E-state index >= 15 is 0 Å². The lowest BCUT2D eigenvalue weighted by molar-refractivity contribution is -0.868. The van der Waals surface area contributed by atoms with E-state index in [1.165, 1.54) is 0 Å². The topological polar surface area (TPSA) is 76.9 Å². The van der Waals surface area contributed by atoms with Crippen molar-refractivity contribution in [2.45, 2.75) is 20.8 Å². The van der Waals surface area contributed by atoms with Crippen molar-refractivity contribution in [1.82, 2.24) is 0 Å². The second-order valence-corrected chi connectivity index (χ2v) is 8.55. The highest BCUT2D eigenvalue weighted by Crippen LogP contribution is 2.21. The van der Waals surface area contributed by atoms with Gasteiger partial charge in [-0.15, -0.1) is 0 Å². The molecule has 1 unspecified atom stereocenters. The van der Waals surface area contributed by atoms with Crippen molar-refractivity contribution in [3.8, 4) is 5.75 Å². The van der Waals surface area contributed by atoms with Crippen molar-refractivity contribution >= 4 is 21.7 Å². The zero-order chi connectivity index (χ0) is 20.0. The summed E-state index contributed by atoms with van der Waals surface area (Å²) in [7, 11) is -1.91. The van der Waals surface area contributed by atoms with Crippen molar-refractivity contribution in [1.29, 1.82) is 0 Å². The standard InChI is InChI=1S/C20H26N2O4S/c1-15-12-16(2)20(17(3)13-15)21-19(23)14-22(4)10-11-27(24,25)26-18-8-6-5-7-9-18/h5-9,12-13H,10-11,14H2,1-4H3,(H,21,23)/p+1. The Labute approximate surface area is 161 Å². The van der Waals surface area contributed by atoms with Crippen LogP contribution in [-0.4, -0.2) is 40.2 Å². The number of quaternary nitrogens is 1. The molecule has 2 aromatic carbocycles. The van der Waals surface area contributed by atoms with Crippen molar-refractivity contribution in [2.75, 3.05) is 31.2 Å². The van der Waals surface area contributed by atoms with E-state index < -0.39 is 10.1 Å². The normalized spacial score (nSPS) is 12.4. The van der Waals surface area contributed by atoms with Crippen molar-refractivity contribution in [3.05, 3.63) is 59.2 Å². The van der Waals surface area contributed by atoms with E-state index in [1.807, 2.05) is 32.9 Å². The molecular formula is C20H27N2O4S+. The summed E-state index contributed by atoms with van der Waals surface area (Å²) >= 11 is 0. The van der Waals surface area contributed by atoms with Crippen LogP contribution in [0.2, 0.25) is 0 Å². The van der Waals surface area contributed by atoms with E-state index in [0.29, 0.717) is 5.75 Å². The van der Waals surface area contributed by atoms with Gasteiger partial charge in [-0.25, -0.2) is 0 Å². The van der Waals surface area contributed by atoms with E-state index in [1.54, 1.807) is 37.4 Å². The number of carbonyl (C=O) groups excluding carboxylic acids is 1. The largest absolute Gasteiger partial charge is 0.382 e. The SMILES string of the molecule is Cc1cc(C)c(NC(=O)C[NH+](C)CCS(=O)(=O)Oc2ccccc2)c(C)c1. The molecule has 0 saturated carbocycles. The molecule has 0 heterocycles. The number of hydrogen-bond donors (Lipinski definition) is 2. The van der Waals surface area contributed by atoms with E-state index in [2.05, 4.69) is 5.32 Å². The van der Waals surface area contributed by atoms with Crippen LogP contribution in [0.5, 0.6) is 5.75 Å².